The number of nitrogens with two attached hydrogens (primary N) is 1. The van der Waals surface area contributed by atoms with Gasteiger partial charge in [0.15, 0.2) is 8.32 Å². The third-order valence-electron chi connectivity index (χ3n) is 5.78. The molecule has 2 N–H and O–H groups in total. The van der Waals surface area contributed by atoms with E-state index in [1.165, 1.54) is 11.3 Å². The fourth-order valence-corrected chi connectivity index (χ4v) is 4.51. The Bertz CT molecular complexity index is 1210. The number of alkyl halides is 3. The lowest BCUT2D eigenvalue weighted by Gasteiger charge is -2.36. The Balaban J connectivity index is 1.98. The van der Waals surface area contributed by atoms with Crippen LogP contribution in [0.2, 0.25) is 18.1 Å². The maximum absolute atomic E-state index is 13.6. The molecule has 1 aromatic carbocycles. The summed E-state index contributed by atoms with van der Waals surface area (Å²) in [4.78, 5) is 8.32. The summed E-state index contributed by atoms with van der Waals surface area (Å²) in [5.74, 6) is 0. The fraction of sp³-hybridized carbons (Fsp3) is 0.348. The van der Waals surface area contributed by atoms with Crippen LogP contribution in [0.3, 0.4) is 0 Å². The zero-order valence-corrected chi connectivity index (χ0v) is 20.9. The van der Waals surface area contributed by atoms with Crippen LogP contribution in [-0.4, -0.2) is 18.3 Å². The van der Waals surface area contributed by atoms with E-state index in [-0.39, 0.29) is 17.3 Å². The quantitative estimate of drug-likeness (QED) is 0.312. The van der Waals surface area contributed by atoms with Crippen LogP contribution in [0.15, 0.2) is 35.7 Å². The van der Waals surface area contributed by atoms with Gasteiger partial charge in [0.2, 0.25) is 0 Å². The number of hydrogen-bond donors (Lipinski definition) is 1. The first-order chi connectivity index (χ1) is 15.2. The Hall–Kier alpha value is -2.74. The van der Waals surface area contributed by atoms with Gasteiger partial charge in [-0.2, -0.15) is 18.4 Å². The van der Waals surface area contributed by atoms with Crippen molar-refractivity contribution in [1.29, 1.82) is 5.26 Å². The molecule has 10 heteroatoms. The largest absolute Gasteiger partial charge is 0.433 e. The van der Waals surface area contributed by atoms with Crippen molar-refractivity contribution in [2.24, 2.45) is 0 Å². The molecule has 0 aliphatic rings. The van der Waals surface area contributed by atoms with Gasteiger partial charge < -0.3 is 10.2 Å². The monoisotopic (exact) mass is 490 g/mol. The normalized spacial score (nSPS) is 12.6. The standard InChI is InChI=1S/C23H25F3N4OSSi/c1-22(2,3)33(4,5)31-12-17-9-15(10-20(29-17)23(24,25)26)21-30-19(13-32-21)14-6-7-18(28)16(8-14)11-27/h6-10,13H,12,28H2,1-5H3. The summed E-state index contributed by atoms with van der Waals surface area (Å²) in [5, 5.41) is 11.3. The molecule has 0 unspecified atom stereocenters. The average molecular weight is 491 g/mol. The molecular weight excluding hydrogens is 465 g/mol. The Morgan fingerprint density at radius 2 is 1.79 bits per heavy atom. The van der Waals surface area contributed by atoms with Crippen LogP contribution in [0.5, 0.6) is 0 Å². The predicted octanol–water partition coefficient (Wildman–Crippen LogP) is 6.87. The number of anilines is 1. The molecule has 33 heavy (non-hydrogen) atoms. The van der Waals surface area contributed by atoms with E-state index < -0.39 is 20.2 Å². The van der Waals surface area contributed by atoms with E-state index in [1.807, 2.05) is 19.2 Å². The highest BCUT2D eigenvalue weighted by Crippen LogP contribution is 2.38. The Morgan fingerprint density at radius 1 is 1.09 bits per heavy atom. The molecule has 0 saturated heterocycles. The molecule has 0 radical (unpaired) electrons. The molecule has 0 saturated carbocycles. The van der Waals surface area contributed by atoms with Crippen molar-refractivity contribution >= 4 is 25.3 Å². The van der Waals surface area contributed by atoms with E-state index in [0.29, 0.717) is 33.1 Å². The molecule has 0 amide bonds. The van der Waals surface area contributed by atoms with E-state index in [4.69, 9.17) is 10.2 Å². The zero-order valence-electron chi connectivity index (χ0n) is 19.0. The molecule has 0 bridgehead atoms. The van der Waals surface area contributed by atoms with E-state index in [1.54, 1.807) is 29.6 Å². The summed E-state index contributed by atoms with van der Waals surface area (Å²) in [6.45, 7) is 10.3. The molecule has 3 rings (SSSR count). The zero-order chi connectivity index (χ0) is 24.6. The van der Waals surface area contributed by atoms with Crippen molar-refractivity contribution < 1.29 is 17.6 Å². The molecule has 3 aromatic rings. The van der Waals surface area contributed by atoms with Gasteiger partial charge in [-0.1, -0.05) is 26.8 Å². The predicted molar refractivity (Wildman–Crippen MR) is 127 cm³/mol. The van der Waals surface area contributed by atoms with Gasteiger partial charge in [0.1, 0.15) is 16.8 Å². The summed E-state index contributed by atoms with van der Waals surface area (Å²) in [6, 6.07) is 9.56. The van der Waals surface area contributed by atoms with Crippen molar-refractivity contribution in [3.8, 4) is 27.9 Å². The van der Waals surface area contributed by atoms with Crippen LogP contribution in [-0.2, 0) is 17.2 Å². The number of thiazole rings is 1. The molecule has 174 valence electrons. The van der Waals surface area contributed by atoms with Crippen LogP contribution in [0.1, 0.15) is 37.7 Å². The van der Waals surface area contributed by atoms with Crippen LogP contribution in [0, 0.1) is 11.3 Å². The van der Waals surface area contributed by atoms with Gasteiger partial charge in [-0.15, -0.1) is 11.3 Å². The summed E-state index contributed by atoms with van der Waals surface area (Å²) in [5.41, 5.74) is 7.20. The van der Waals surface area contributed by atoms with E-state index >= 15 is 0 Å². The number of halogens is 3. The molecule has 0 spiro atoms. The van der Waals surface area contributed by atoms with Crippen LogP contribution >= 0.6 is 11.3 Å². The number of nitriles is 1. The minimum Gasteiger partial charge on any atom is -0.411 e. The first kappa shape index (κ1) is 24.9. The van der Waals surface area contributed by atoms with Crippen molar-refractivity contribution in [3.05, 3.63) is 52.7 Å². The molecule has 5 nitrogen and oxygen atoms in total. The minimum atomic E-state index is -4.60. The summed E-state index contributed by atoms with van der Waals surface area (Å²) < 4.78 is 46.8. The van der Waals surface area contributed by atoms with Crippen LogP contribution in [0.4, 0.5) is 18.9 Å². The molecule has 2 aromatic heterocycles. The van der Waals surface area contributed by atoms with Gasteiger partial charge in [0.05, 0.1) is 23.6 Å². The minimum absolute atomic E-state index is 0.00483. The number of rotatable bonds is 5. The Morgan fingerprint density at radius 3 is 2.39 bits per heavy atom. The Labute approximate surface area is 196 Å². The highest BCUT2D eigenvalue weighted by molar-refractivity contribution is 7.13. The van der Waals surface area contributed by atoms with Crippen molar-refractivity contribution in [3.63, 3.8) is 0 Å². The lowest BCUT2D eigenvalue weighted by molar-refractivity contribution is -0.141. The van der Waals surface area contributed by atoms with Gasteiger partial charge in [-0.3, -0.25) is 0 Å². The maximum atomic E-state index is 13.6. The molecule has 0 fully saturated rings. The lowest BCUT2D eigenvalue weighted by atomic mass is 10.1. The third kappa shape index (κ3) is 5.61. The highest BCUT2D eigenvalue weighted by Gasteiger charge is 2.38. The summed E-state index contributed by atoms with van der Waals surface area (Å²) in [7, 11) is -2.17. The van der Waals surface area contributed by atoms with Gasteiger partial charge in [0, 0.05) is 22.2 Å². The van der Waals surface area contributed by atoms with Crippen LogP contribution in [0.25, 0.3) is 21.8 Å². The second-order valence-electron chi connectivity index (χ2n) is 9.23. The average Bonchev–Trinajstić information content (AvgIpc) is 3.21. The van der Waals surface area contributed by atoms with E-state index in [9.17, 15) is 18.4 Å². The first-order valence-corrected chi connectivity index (χ1v) is 14.0. The smallest absolute Gasteiger partial charge is 0.411 e. The molecule has 0 aliphatic heterocycles. The number of hydrogen-bond acceptors (Lipinski definition) is 6. The molecule has 0 aliphatic carbocycles. The lowest BCUT2D eigenvalue weighted by Crippen LogP contribution is -2.40. The van der Waals surface area contributed by atoms with Crippen LogP contribution < -0.4 is 5.73 Å². The topological polar surface area (TPSA) is 84.8 Å². The fourth-order valence-electron chi connectivity index (χ4n) is 2.75. The number of pyridine rings is 1. The maximum Gasteiger partial charge on any atom is 0.433 e. The number of nitrogen functional groups attached to an aromatic ring is 1. The van der Waals surface area contributed by atoms with Gasteiger partial charge in [0.25, 0.3) is 0 Å². The highest BCUT2D eigenvalue weighted by atomic mass is 32.1. The summed E-state index contributed by atoms with van der Waals surface area (Å²) in [6.07, 6.45) is -4.60. The molecule has 2 heterocycles. The van der Waals surface area contributed by atoms with E-state index in [2.05, 4.69) is 30.7 Å². The second-order valence-corrected chi connectivity index (χ2v) is 14.9. The van der Waals surface area contributed by atoms with E-state index in [0.717, 1.165) is 6.07 Å². The molecular formula is C23H25F3N4OSSi. The number of aromatic nitrogens is 2. The van der Waals surface area contributed by atoms with Gasteiger partial charge in [-0.05, 0) is 42.4 Å². The first-order valence-electron chi connectivity index (χ1n) is 10.2. The van der Waals surface area contributed by atoms with Crippen molar-refractivity contribution in [2.45, 2.75) is 51.7 Å². The third-order valence-corrected chi connectivity index (χ3v) is 11.1. The molecule has 0 atom stereocenters. The van der Waals surface area contributed by atoms with Gasteiger partial charge in [-0.25, -0.2) is 9.97 Å². The van der Waals surface area contributed by atoms with Crippen molar-refractivity contribution in [1.82, 2.24) is 9.97 Å². The number of nitrogens with zero attached hydrogens (tertiary/aromatic N) is 3. The second kappa shape index (κ2) is 8.89. The number of benzene rings is 1. The SMILES string of the molecule is CC(C)(C)[Si](C)(C)OCc1cc(-c2nc(-c3ccc(N)c(C#N)c3)cs2)cc(C(F)(F)F)n1. The van der Waals surface area contributed by atoms with Gasteiger partial charge >= 0.3 is 6.18 Å². The Kier molecular flexibility index (Phi) is 6.71. The summed E-state index contributed by atoms with van der Waals surface area (Å²) >= 11 is 1.22. The van der Waals surface area contributed by atoms with Crippen molar-refractivity contribution in [2.75, 3.05) is 5.73 Å².